The van der Waals surface area contributed by atoms with Crippen LogP contribution < -0.4 is 0 Å². The summed E-state index contributed by atoms with van der Waals surface area (Å²) in [5.41, 5.74) is 0. The third kappa shape index (κ3) is 5.19. The zero-order valence-electron chi connectivity index (χ0n) is 11.4. The molecule has 1 amide bonds. The van der Waals surface area contributed by atoms with Crippen LogP contribution in [0.25, 0.3) is 0 Å². The van der Waals surface area contributed by atoms with E-state index in [1.54, 1.807) is 18.9 Å². The van der Waals surface area contributed by atoms with Crippen molar-refractivity contribution in [1.82, 2.24) is 4.90 Å². The number of carbonyl (C=O) groups is 1. The SMILES string of the molecule is CC#CC(=O)N1C[C@@H](COC)[C@@H](COS(C)(=O)=O)C1. The lowest BCUT2D eigenvalue weighted by molar-refractivity contribution is -0.124. The molecule has 0 aliphatic carbocycles. The average Bonchev–Trinajstić information content (AvgIpc) is 2.70. The zero-order chi connectivity index (χ0) is 14.5. The zero-order valence-corrected chi connectivity index (χ0v) is 12.2. The number of amides is 1. The lowest BCUT2D eigenvalue weighted by Gasteiger charge is -2.15. The molecule has 0 saturated carbocycles. The number of carbonyl (C=O) groups excluding carboxylic acids is 1. The minimum atomic E-state index is -3.47. The van der Waals surface area contributed by atoms with E-state index in [9.17, 15) is 13.2 Å². The molecular weight excluding hydrogens is 270 g/mol. The van der Waals surface area contributed by atoms with Crippen molar-refractivity contribution in [3.8, 4) is 11.8 Å². The first-order chi connectivity index (χ1) is 8.87. The average molecular weight is 289 g/mol. The molecule has 108 valence electrons. The highest BCUT2D eigenvalue weighted by Gasteiger charge is 2.35. The summed E-state index contributed by atoms with van der Waals surface area (Å²) in [5, 5.41) is 0. The molecule has 1 heterocycles. The van der Waals surface area contributed by atoms with Gasteiger partial charge in [-0.05, 0) is 12.8 Å². The largest absolute Gasteiger partial charge is 0.384 e. The third-order valence-electron chi connectivity index (χ3n) is 2.97. The Hall–Kier alpha value is -1.10. The number of rotatable bonds is 5. The van der Waals surface area contributed by atoms with Crippen LogP contribution in [0.15, 0.2) is 0 Å². The van der Waals surface area contributed by atoms with Crippen molar-refractivity contribution in [2.24, 2.45) is 11.8 Å². The predicted molar refractivity (Wildman–Crippen MR) is 69.7 cm³/mol. The quantitative estimate of drug-likeness (QED) is 0.513. The van der Waals surface area contributed by atoms with Gasteiger partial charge in [0.25, 0.3) is 16.0 Å². The molecule has 1 aliphatic rings. The molecular formula is C12H19NO5S. The minimum absolute atomic E-state index is 0.0581. The topological polar surface area (TPSA) is 72.9 Å². The standard InChI is InChI=1S/C12H19NO5S/c1-4-5-12(14)13-6-10(8-17-2)11(7-13)9-18-19(3,15)16/h10-11H,6-9H2,1-3H3/t10-,11+/m0/s1. The molecule has 19 heavy (non-hydrogen) atoms. The van der Waals surface area contributed by atoms with Crippen molar-refractivity contribution in [2.45, 2.75) is 6.92 Å². The molecule has 0 aromatic carbocycles. The van der Waals surface area contributed by atoms with Crippen LogP contribution in [0.2, 0.25) is 0 Å². The van der Waals surface area contributed by atoms with Gasteiger partial charge in [0, 0.05) is 32.0 Å². The fourth-order valence-corrected chi connectivity index (χ4v) is 2.52. The van der Waals surface area contributed by atoms with Gasteiger partial charge >= 0.3 is 0 Å². The van der Waals surface area contributed by atoms with Crippen LogP contribution in [0.5, 0.6) is 0 Å². The van der Waals surface area contributed by atoms with Gasteiger partial charge in [-0.3, -0.25) is 8.98 Å². The van der Waals surface area contributed by atoms with E-state index in [1.165, 1.54) is 0 Å². The highest BCUT2D eigenvalue weighted by atomic mass is 32.2. The van der Waals surface area contributed by atoms with E-state index in [4.69, 9.17) is 8.92 Å². The molecule has 1 aliphatic heterocycles. The van der Waals surface area contributed by atoms with Gasteiger partial charge in [-0.1, -0.05) is 5.92 Å². The van der Waals surface area contributed by atoms with E-state index in [-0.39, 0.29) is 24.3 Å². The molecule has 6 nitrogen and oxygen atoms in total. The van der Waals surface area contributed by atoms with Crippen molar-refractivity contribution in [3.05, 3.63) is 0 Å². The summed E-state index contributed by atoms with van der Waals surface area (Å²) in [4.78, 5) is 13.3. The molecule has 0 radical (unpaired) electrons. The first kappa shape index (κ1) is 16.0. The number of hydrogen-bond donors (Lipinski definition) is 0. The summed E-state index contributed by atoms with van der Waals surface area (Å²) in [6, 6.07) is 0. The number of hydrogen-bond acceptors (Lipinski definition) is 5. The van der Waals surface area contributed by atoms with Crippen LogP contribution in [0.4, 0.5) is 0 Å². The molecule has 1 fully saturated rings. The fraction of sp³-hybridized carbons (Fsp3) is 0.750. The van der Waals surface area contributed by atoms with Gasteiger partial charge in [-0.15, -0.1) is 0 Å². The number of nitrogens with zero attached hydrogens (tertiary/aromatic N) is 1. The van der Waals surface area contributed by atoms with Gasteiger partial charge in [-0.2, -0.15) is 8.42 Å². The van der Waals surface area contributed by atoms with E-state index >= 15 is 0 Å². The maximum atomic E-state index is 11.7. The fourth-order valence-electron chi connectivity index (χ4n) is 2.09. The second-order valence-corrected chi connectivity index (χ2v) is 6.19. The second kappa shape index (κ2) is 6.89. The van der Waals surface area contributed by atoms with Crippen LogP contribution in [-0.2, 0) is 23.8 Å². The summed E-state index contributed by atoms with van der Waals surface area (Å²) < 4.78 is 31.9. The van der Waals surface area contributed by atoms with Crippen molar-refractivity contribution >= 4 is 16.0 Å². The molecule has 0 unspecified atom stereocenters. The van der Waals surface area contributed by atoms with Gasteiger partial charge < -0.3 is 9.64 Å². The van der Waals surface area contributed by atoms with Crippen LogP contribution in [0.1, 0.15) is 6.92 Å². The number of likely N-dealkylation sites (tertiary alicyclic amines) is 1. The molecule has 0 spiro atoms. The molecule has 1 rings (SSSR count). The highest BCUT2D eigenvalue weighted by Crippen LogP contribution is 2.24. The molecule has 2 atom stereocenters. The first-order valence-electron chi connectivity index (χ1n) is 5.92. The summed E-state index contributed by atoms with van der Waals surface area (Å²) in [5.74, 6) is 4.80. The maximum absolute atomic E-state index is 11.7. The Kier molecular flexibility index (Phi) is 5.79. The van der Waals surface area contributed by atoms with Crippen LogP contribution in [0, 0.1) is 23.7 Å². The minimum Gasteiger partial charge on any atom is -0.384 e. The van der Waals surface area contributed by atoms with Crippen molar-refractivity contribution in [2.75, 3.05) is 39.7 Å². The molecule has 0 N–H and O–H groups in total. The first-order valence-corrected chi connectivity index (χ1v) is 7.74. The van der Waals surface area contributed by atoms with Gasteiger partial charge in [-0.25, -0.2) is 0 Å². The summed E-state index contributed by atoms with van der Waals surface area (Å²) in [7, 11) is -1.90. The Morgan fingerprint density at radius 1 is 1.32 bits per heavy atom. The molecule has 0 bridgehead atoms. The Morgan fingerprint density at radius 2 is 1.89 bits per heavy atom. The van der Waals surface area contributed by atoms with Gasteiger partial charge in [0.1, 0.15) is 0 Å². The summed E-state index contributed by atoms with van der Waals surface area (Å²) in [6.45, 7) is 3.08. The monoisotopic (exact) mass is 289 g/mol. The predicted octanol–water partition coefficient (Wildman–Crippen LogP) is -0.293. The van der Waals surface area contributed by atoms with Gasteiger partial charge in [0.05, 0.1) is 19.5 Å². The normalized spacial score (nSPS) is 23.0. The van der Waals surface area contributed by atoms with Crippen LogP contribution >= 0.6 is 0 Å². The van der Waals surface area contributed by atoms with E-state index in [1.807, 2.05) is 0 Å². The van der Waals surface area contributed by atoms with E-state index in [2.05, 4.69) is 11.8 Å². The maximum Gasteiger partial charge on any atom is 0.298 e. The van der Waals surface area contributed by atoms with E-state index < -0.39 is 10.1 Å². The smallest absolute Gasteiger partial charge is 0.298 e. The summed E-state index contributed by atoms with van der Waals surface area (Å²) >= 11 is 0. The molecule has 0 aromatic heterocycles. The molecule has 7 heteroatoms. The van der Waals surface area contributed by atoms with Gasteiger partial charge in [0.2, 0.25) is 0 Å². The Labute approximate surface area is 114 Å². The Bertz CT molecular complexity index is 476. The lowest BCUT2D eigenvalue weighted by atomic mass is 9.98. The number of ether oxygens (including phenoxy) is 1. The van der Waals surface area contributed by atoms with Crippen LogP contribution in [0.3, 0.4) is 0 Å². The lowest BCUT2D eigenvalue weighted by Crippen LogP contribution is -2.28. The second-order valence-electron chi connectivity index (χ2n) is 4.55. The molecule has 1 saturated heterocycles. The highest BCUT2D eigenvalue weighted by molar-refractivity contribution is 7.85. The van der Waals surface area contributed by atoms with E-state index in [0.29, 0.717) is 19.7 Å². The van der Waals surface area contributed by atoms with Crippen LogP contribution in [-0.4, -0.2) is 58.9 Å². The number of methoxy groups -OCH3 is 1. The van der Waals surface area contributed by atoms with Gasteiger partial charge in [0.15, 0.2) is 0 Å². The molecule has 0 aromatic rings. The Balaban J connectivity index is 2.66. The summed E-state index contributed by atoms with van der Waals surface area (Å²) in [6.07, 6.45) is 1.01. The van der Waals surface area contributed by atoms with Crippen molar-refractivity contribution in [1.29, 1.82) is 0 Å². The third-order valence-corrected chi connectivity index (χ3v) is 3.54. The Morgan fingerprint density at radius 3 is 2.37 bits per heavy atom. The van der Waals surface area contributed by atoms with E-state index in [0.717, 1.165) is 6.26 Å². The van der Waals surface area contributed by atoms with Crippen molar-refractivity contribution in [3.63, 3.8) is 0 Å². The van der Waals surface area contributed by atoms with Crippen molar-refractivity contribution < 1.29 is 22.1 Å².